The standard InChI is InChI=1S/C24H28FN7O/c25-19-7-3-16(4-8-19)11-21(26)23(33)30-12-17-1-5-18(6-2-17)22-9-10-29-24(32-22)31-20-13-27-15-28-14-20/h3-4,7-10,13-15,17-18,21H,1-2,5-6,11-12,26H2,(H,30,33)(H,29,31,32). The van der Waals surface area contributed by atoms with Gasteiger partial charge < -0.3 is 16.4 Å². The fraction of sp³-hybridized carbons (Fsp3) is 0.375. The van der Waals surface area contributed by atoms with Gasteiger partial charge in [-0.05, 0) is 61.8 Å². The molecule has 1 saturated carbocycles. The van der Waals surface area contributed by atoms with Gasteiger partial charge in [0.25, 0.3) is 0 Å². The van der Waals surface area contributed by atoms with Crippen LogP contribution in [0.25, 0.3) is 0 Å². The summed E-state index contributed by atoms with van der Waals surface area (Å²) in [6.45, 7) is 0.618. The van der Waals surface area contributed by atoms with Crippen LogP contribution in [0.2, 0.25) is 0 Å². The molecule has 0 bridgehead atoms. The summed E-state index contributed by atoms with van der Waals surface area (Å²) in [5.74, 6) is 0.856. The molecular formula is C24H28FN7O. The van der Waals surface area contributed by atoms with Crippen molar-refractivity contribution in [3.05, 3.63) is 72.3 Å². The average Bonchev–Trinajstić information content (AvgIpc) is 2.85. The number of hydrogen-bond donors (Lipinski definition) is 3. The molecule has 2 heterocycles. The van der Waals surface area contributed by atoms with E-state index in [1.165, 1.54) is 18.5 Å². The topological polar surface area (TPSA) is 119 Å². The van der Waals surface area contributed by atoms with Gasteiger partial charge in [0.1, 0.15) is 12.1 Å². The van der Waals surface area contributed by atoms with Gasteiger partial charge in [-0.25, -0.2) is 24.3 Å². The van der Waals surface area contributed by atoms with Gasteiger partial charge in [0.15, 0.2) is 0 Å². The number of hydrogen-bond acceptors (Lipinski definition) is 7. The smallest absolute Gasteiger partial charge is 0.237 e. The van der Waals surface area contributed by atoms with Crippen molar-refractivity contribution in [1.82, 2.24) is 25.3 Å². The molecule has 1 amide bonds. The molecule has 4 N–H and O–H groups in total. The third kappa shape index (κ3) is 6.52. The highest BCUT2D eigenvalue weighted by atomic mass is 19.1. The predicted molar refractivity (Wildman–Crippen MR) is 123 cm³/mol. The summed E-state index contributed by atoms with van der Waals surface area (Å²) in [6, 6.07) is 7.40. The number of nitrogens with zero attached hydrogens (tertiary/aromatic N) is 4. The lowest BCUT2D eigenvalue weighted by molar-refractivity contribution is -0.122. The molecule has 1 atom stereocenters. The molecule has 0 saturated heterocycles. The number of nitrogens with two attached hydrogens (primary N) is 1. The van der Waals surface area contributed by atoms with Gasteiger partial charge in [-0.2, -0.15) is 0 Å². The Hall–Kier alpha value is -3.46. The number of anilines is 2. The van der Waals surface area contributed by atoms with Gasteiger partial charge >= 0.3 is 0 Å². The second kappa shape index (κ2) is 10.9. The summed E-state index contributed by atoms with van der Waals surface area (Å²) in [5.41, 5.74) is 8.65. The van der Waals surface area contributed by atoms with E-state index < -0.39 is 6.04 Å². The minimum Gasteiger partial charge on any atom is -0.354 e. The van der Waals surface area contributed by atoms with E-state index in [1.54, 1.807) is 30.7 Å². The maximum Gasteiger partial charge on any atom is 0.237 e. The van der Waals surface area contributed by atoms with Crippen molar-refractivity contribution < 1.29 is 9.18 Å². The summed E-state index contributed by atoms with van der Waals surface area (Å²) in [7, 11) is 0. The first-order chi connectivity index (χ1) is 16.1. The Morgan fingerprint density at radius 3 is 2.55 bits per heavy atom. The molecule has 8 nitrogen and oxygen atoms in total. The van der Waals surface area contributed by atoms with Crippen LogP contribution in [-0.2, 0) is 11.2 Å². The van der Waals surface area contributed by atoms with Crippen LogP contribution in [0.15, 0.2) is 55.2 Å². The predicted octanol–water partition coefficient (Wildman–Crippen LogP) is 3.11. The highest BCUT2D eigenvalue weighted by Crippen LogP contribution is 2.35. The first-order valence-electron chi connectivity index (χ1n) is 11.2. The zero-order chi connectivity index (χ0) is 23.0. The largest absolute Gasteiger partial charge is 0.354 e. The SMILES string of the molecule is NC(Cc1ccc(F)cc1)C(=O)NCC1CCC(c2ccnc(Nc3cncnc3)n2)CC1. The molecule has 1 aromatic carbocycles. The van der Waals surface area contributed by atoms with Crippen molar-refractivity contribution in [3.63, 3.8) is 0 Å². The molecule has 9 heteroatoms. The van der Waals surface area contributed by atoms with Gasteiger partial charge in [0, 0.05) is 24.4 Å². The first-order valence-corrected chi connectivity index (χ1v) is 11.2. The van der Waals surface area contributed by atoms with Crippen molar-refractivity contribution in [1.29, 1.82) is 0 Å². The minimum absolute atomic E-state index is 0.169. The maximum atomic E-state index is 13.0. The summed E-state index contributed by atoms with van der Waals surface area (Å²) in [4.78, 5) is 29.3. The van der Waals surface area contributed by atoms with Gasteiger partial charge in [0.05, 0.1) is 24.1 Å². The van der Waals surface area contributed by atoms with Crippen molar-refractivity contribution in [2.24, 2.45) is 11.7 Å². The number of carbonyl (C=O) groups excluding carboxylic acids is 1. The molecule has 1 aliphatic rings. The highest BCUT2D eigenvalue weighted by Gasteiger charge is 2.24. The molecule has 1 fully saturated rings. The number of benzene rings is 1. The molecular weight excluding hydrogens is 421 g/mol. The summed E-state index contributed by atoms with van der Waals surface area (Å²) >= 11 is 0. The summed E-state index contributed by atoms with van der Waals surface area (Å²) in [6.07, 6.45) is 11.0. The molecule has 1 aliphatic carbocycles. The Balaban J connectivity index is 1.22. The van der Waals surface area contributed by atoms with Crippen LogP contribution in [0.3, 0.4) is 0 Å². The fourth-order valence-electron chi connectivity index (χ4n) is 4.16. The second-order valence-corrected chi connectivity index (χ2v) is 8.46. The van der Waals surface area contributed by atoms with Crippen LogP contribution >= 0.6 is 0 Å². The van der Waals surface area contributed by atoms with Crippen molar-refractivity contribution in [2.45, 2.75) is 44.1 Å². The van der Waals surface area contributed by atoms with E-state index in [0.717, 1.165) is 42.6 Å². The van der Waals surface area contributed by atoms with Gasteiger partial charge in [0.2, 0.25) is 11.9 Å². The fourth-order valence-corrected chi connectivity index (χ4v) is 4.16. The van der Waals surface area contributed by atoms with E-state index in [-0.39, 0.29) is 11.7 Å². The third-order valence-electron chi connectivity index (χ3n) is 6.03. The number of carbonyl (C=O) groups is 1. The number of halogens is 1. The molecule has 3 aromatic rings. The van der Waals surface area contributed by atoms with Crippen molar-refractivity contribution >= 4 is 17.5 Å². The van der Waals surface area contributed by atoms with E-state index >= 15 is 0 Å². The first kappa shape index (κ1) is 22.7. The molecule has 4 rings (SSSR count). The molecule has 0 radical (unpaired) electrons. The molecule has 33 heavy (non-hydrogen) atoms. The lowest BCUT2D eigenvalue weighted by atomic mass is 9.80. The van der Waals surface area contributed by atoms with Gasteiger partial charge in [-0.1, -0.05) is 12.1 Å². The van der Waals surface area contributed by atoms with E-state index in [9.17, 15) is 9.18 Å². The summed E-state index contributed by atoms with van der Waals surface area (Å²) in [5, 5.41) is 6.12. The Bertz CT molecular complexity index is 1040. The van der Waals surface area contributed by atoms with Gasteiger partial charge in [-0.15, -0.1) is 0 Å². The quantitative estimate of drug-likeness (QED) is 0.483. The molecule has 172 valence electrons. The molecule has 1 unspecified atom stereocenters. The van der Waals surface area contributed by atoms with E-state index in [1.807, 2.05) is 6.07 Å². The van der Waals surface area contributed by atoms with Crippen LogP contribution in [-0.4, -0.2) is 38.4 Å². The Kier molecular flexibility index (Phi) is 7.51. The average molecular weight is 450 g/mol. The second-order valence-electron chi connectivity index (χ2n) is 8.46. The zero-order valence-corrected chi connectivity index (χ0v) is 18.3. The third-order valence-corrected chi connectivity index (χ3v) is 6.03. The van der Waals surface area contributed by atoms with Crippen molar-refractivity contribution in [3.8, 4) is 0 Å². The normalized spacial score (nSPS) is 19.0. The van der Waals surface area contributed by atoms with E-state index in [2.05, 4.69) is 30.6 Å². The Morgan fingerprint density at radius 1 is 1.09 bits per heavy atom. The lowest BCUT2D eigenvalue weighted by Crippen LogP contribution is -2.44. The van der Waals surface area contributed by atoms with Crippen LogP contribution < -0.4 is 16.4 Å². The van der Waals surface area contributed by atoms with Crippen LogP contribution in [0.5, 0.6) is 0 Å². The molecule has 2 aromatic heterocycles. The monoisotopic (exact) mass is 449 g/mol. The Labute approximate surface area is 192 Å². The number of amides is 1. The van der Waals surface area contributed by atoms with Crippen LogP contribution in [0, 0.1) is 11.7 Å². The number of rotatable bonds is 8. The van der Waals surface area contributed by atoms with E-state index in [4.69, 9.17) is 5.73 Å². The number of nitrogens with one attached hydrogen (secondary N) is 2. The van der Waals surface area contributed by atoms with E-state index in [0.29, 0.717) is 30.7 Å². The Morgan fingerprint density at radius 2 is 1.82 bits per heavy atom. The van der Waals surface area contributed by atoms with Crippen LogP contribution in [0.4, 0.5) is 16.0 Å². The maximum absolute atomic E-state index is 13.0. The van der Waals surface area contributed by atoms with Crippen molar-refractivity contribution in [2.75, 3.05) is 11.9 Å². The van der Waals surface area contributed by atoms with Gasteiger partial charge in [-0.3, -0.25) is 4.79 Å². The highest BCUT2D eigenvalue weighted by molar-refractivity contribution is 5.81. The zero-order valence-electron chi connectivity index (χ0n) is 18.3. The minimum atomic E-state index is -0.645. The number of aromatic nitrogens is 4. The van der Waals surface area contributed by atoms with Crippen LogP contribution in [0.1, 0.15) is 42.9 Å². The lowest BCUT2D eigenvalue weighted by Gasteiger charge is -2.28. The molecule has 0 spiro atoms. The molecule has 0 aliphatic heterocycles. The summed E-state index contributed by atoms with van der Waals surface area (Å²) < 4.78 is 13.0.